The number of halogens is 1. The number of aryl methyl sites for hydroxylation is 1. The Hall–Kier alpha value is -3.52. The molecule has 2 aromatic heterocycles. The SMILES string of the molecule is COc1nc(Cl)cnc1C(=O)NCc1cncc(-c2ccc3c(c2)CCC(=O)N3C)c1. The van der Waals surface area contributed by atoms with E-state index in [1.807, 2.05) is 18.2 Å². The molecule has 0 fully saturated rings. The highest BCUT2D eigenvalue weighted by molar-refractivity contribution is 6.29. The standard InChI is InChI=1S/C22H20ClN5O3/c1-28-17-5-3-14(8-15(17)4-6-19(28)29)16-7-13(9-24-11-16)10-26-21(30)20-22(31-2)27-18(23)12-25-20/h3,5,7-9,11-12H,4,6,10H2,1-2H3,(H,26,30). The Bertz CT molecular complexity index is 1170. The maximum Gasteiger partial charge on any atom is 0.275 e. The van der Waals surface area contributed by atoms with Crippen molar-refractivity contribution in [2.24, 2.45) is 0 Å². The van der Waals surface area contributed by atoms with Crippen molar-refractivity contribution in [3.8, 4) is 17.0 Å². The first kappa shape index (κ1) is 20.7. The number of pyridine rings is 1. The van der Waals surface area contributed by atoms with Gasteiger partial charge < -0.3 is 15.0 Å². The second-order valence-electron chi connectivity index (χ2n) is 7.11. The number of rotatable bonds is 5. The number of nitrogens with zero attached hydrogens (tertiary/aromatic N) is 4. The van der Waals surface area contributed by atoms with E-state index in [0.29, 0.717) is 6.42 Å². The summed E-state index contributed by atoms with van der Waals surface area (Å²) in [5.41, 5.74) is 4.90. The van der Waals surface area contributed by atoms with Gasteiger partial charge in [-0.15, -0.1) is 0 Å². The quantitative estimate of drug-likeness (QED) is 0.658. The fourth-order valence-corrected chi connectivity index (χ4v) is 3.62. The number of hydrogen-bond acceptors (Lipinski definition) is 6. The molecule has 8 nitrogen and oxygen atoms in total. The summed E-state index contributed by atoms with van der Waals surface area (Å²) in [5.74, 6) is -0.232. The number of hydrogen-bond donors (Lipinski definition) is 1. The molecule has 1 aliphatic heterocycles. The zero-order valence-electron chi connectivity index (χ0n) is 17.1. The van der Waals surface area contributed by atoms with Crippen LogP contribution in [-0.2, 0) is 17.8 Å². The van der Waals surface area contributed by atoms with Crippen molar-refractivity contribution in [2.45, 2.75) is 19.4 Å². The van der Waals surface area contributed by atoms with E-state index in [9.17, 15) is 9.59 Å². The molecule has 4 rings (SSSR count). The first-order valence-electron chi connectivity index (χ1n) is 9.65. The van der Waals surface area contributed by atoms with Gasteiger partial charge in [-0.25, -0.2) is 4.98 Å². The lowest BCUT2D eigenvalue weighted by atomic mass is 9.96. The smallest absolute Gasteiger partial charge is 0.275 e. The van der Waals surface area contributed by atoms with Crippen molar-refractivity contribution in [2.75, 3.05) is 19.1 Å². The number of anilines is 1. The summed E-state index contributed by atoms with van der Waals surface area (Å²) in [6.45, 7) is 0.259. The lowest BCUT2D eigenvalue weighted by Crippen LogP contribution is -2.30. The van der Waals surface area contributed by atoms with Gasteiger partial charge in [0.1, 0.15) is 0 Å². The molecule has 0 bridgehead atoms. The fourth-order valence-electron chi connectivity index (χ4n) is 3.49. The van der Waals surface area contributed by atoms with Crippen LogP contribution in [0.15, 0.2) is 42.9 Å². The third-order valence-electron chi connectivity index (χ3n) is 5.12. The molecular weight excluding hydrogens is 418 g/mol. The molecule has 158 valence electrons. The Morgan fingerprint density at radius 3 is 2.84 bits per heavy atom. The Morgan fingerprint density at radius 1 is 1.19 bits per heavy atom. The van der Waals surface area contributed by atoms with Crippen molar-refractivity contribution >= 4 is 29.1 Å². The monoisotopic (exact) mass is 437 g/mol. The van der Waals surface area contributed by atoms with Crippen LogP contribution >= 0.6 is 11.6 Å². The third kappa shape index (κ3) is 4.34. The van der Waals surface area contributed by atoms with Crippen LogP contribution in [0.25, 0.3) is 11.1 Å². The number of aromatic nitrogens is 3. The predicted octanol–water partition coefficient (Wildman–Crippen LogP) is 3.04. The zero-order chi connectivity index (χ0) is 22.0. The summed E-state index contributed by atoms with van der Waals surface area (Å²) in [6.07, 6.45) is 5.99. The van der Waals surface area contributed by atoms with E-state index in [2.05, 4.69) is 26.3 Å². The molecule has 0 saturated carbocycles. The highest BCUT2D eigenvalue weighted by Gasteiger charge is 2.21. The van der Waals surface area contributed by atoms with Crippen molar-refractivity contribution in [1.82, 2.24) is 20.3 Å². The maximum atomic E-state index is 12.5. The minimum Gasteiger partial charge on any atom is -0.479 e. The van der Waals surface area contributed by atoms with Gasteiger partial charge in [0.25, 0.3) is 5.91 Å². The summed E-state index contributed by atoms with van der Waals surface area (Å²) in [5, 5.41) is 2.94. The van der Waals surface area contributed by atoms with E-state index in [0.717, 1.165) is 34.4 Å². The maximum absolute atomic E-state index is 12.5. The summed E-state index contributed by atoms with van der Waals surface area (Å²) >= 11 is 5.80. The average Bonchev–Trinajstić information content (AvgIpc) is 2.79. The normalized spacial score (nSPS) is 13.0. The van der Waals surface area contributed by atoms with Crippen molar-refractivity contribution in [3.63, 3.8) is 0 Å². The number of carbonyl (C=O) groups is 2. The van der Waals surface area contributed by atoms with Gasteiger partial charge in [-0.2, -0.15) is 4.98 Å². The van der Waals surface area contributed by atoms with E-state index in [1.54, 1.807) is 24.3 Å². The van der Waals surface area contributed by atoms with Crippen LogP contribution in [0.3, 0.4) is 0 Å². The first-order valence-corrected chi connectivity index (χ1v) is 10.0. The minimum atomic E-state index is -0.423. The molecule has 3 heterocycles. The molecule has 1 aliphatic rings. The van der Waals surface area contributed by atoms with Crippen LogP contribution in [-0.4, -0.2) is 40.9 Å². The molecule has 1 N–H and O–H groups in total. The largest absolute Gasteiger partial charge is 0.479 e. The lowest BCUT2D eigenvalue weighted by Gasteiger charge is -2.26. The van der Waals surface area contributed by atoms with Crippen LogP contribution in [0, 0.1) is 0 Å². The van der Waals surface area contributed by atoms with Gasteiger partial charge in [0.2, 0.25) is 11.8 Å². The molecule has 3 aromatic rings. The van der Waals surface area contributed by atoms with Gasteiger partial charge in [-0.1, -0.05) is 17.7 Å². The minimum absolute atomic E-state index is 0.0596. The summed E-state index contributed by atoms with van der Waals surface area (Å²) in [4.78, 5) is 38.4. The van der Waals surface area contributed by atoms with Gasteiger partial charge in [0.15, 0.2) is 10.8 Å². The number of benzene rings is 1. The van der Waals surface area contributed by atoms with Crippen LogP contribution in [0.1, 0.15) is 28.0 Å². The Labute approximate surface area is 184 Å². The Morgan fingerprint density at radius 2 is 2.03 bits per heavy atom. The van der Waals surface area contributed by atoms with Crippen LogP contribution in [0.5, 0.6) is 5.88 Å². The highest BCUT2D eigenvalue weighted by atomic mass is 35.5. The molecular formula is C22H20ClN5O3. The number of nitrogens with one attached hydrogen (secondary N) is 1. The molecule has 0 atom stereocenters. The third-order valence-corrected chi connectivity index (χ3v) is 5.31. The first-order chi connectivity index (χ1) is 15.0. The molecule has 9 heteroatoms. The van der Waals surface area contributed by atoms with E-state index in [4.69, 9.17) is 16.3 Å². The molecule has 0 aliphatic carbocycles. The van der Waals surface area contributed by atoms with E-state index in [-0.39, 0.29) is 29.2 Å². The molecule has 0 spiro atoms. The summed E-state index contributed by atoms with van der Waals surface area (Å²) in [7, 11) is 3.20. The average molecular weight is 438 g/mol. The molecule has 31 heavy (non-hydrogen) atoms. The highest BCUT2D eigenvalue weighted by Crippen LogP contribution is 2.31. The topological polar surface area (TPSA) is 97.3 Å². The van der Waals surface area contributed by atoms with Crippen molar-refractivity contribution < 1.29 is 14.3 Å². The van der Waals surface area contributed by atoms with Gasteiger partial charge in [0, 0.05) is 43.7 Å². The van der Waals surface area contributed by atoms with E-state index < -0.39 is 5.91 Å². The van der Waals surface area contributed by atoms with Gasteiger partial charge >= 0.3 is 0 Å². The Kier molecular flexibility index (Phi) is 5.81. The van der Waals surface area contributed by atoms with Gasteiger partial charge in [-0.05, 0) is 41.3 Å². The Balaban J connectivity index is 1.51. The predicted molar refractivity (Wildman–Crippen MR) is 116 cm³/mol. The number of amides is 2. The molecule has 2 amide bonds. The van der Waals surface area contributed by atoms with Gasteiger partial charge in [-0.3, -0.25) is 14.6 Å². The second-order valence-corrected chi connectivity index (χ2v) is 7.50. The number of methoxy groups -OCH3 is 1. The molecule has 1 aromatic carbocycles. The molecule has 0 saturated heterocycles. The van der Waals surface area contributed by atoms with E-state index >= 15 is 0 Å². The van der Waals surface area contributed by atoms with Crippen LogP contribution < -0.4 is 15.0 Å². The zero-order valence-corrected chi connectivity index (χ0v) is 17.8. The van der Waals surface area contributed by atoms with E-state index in [1.165, 1.54) is 13.3 Å². The van der Waals surface area contributed by atoms with Gasteiger partial charge in [0.05, 0.1) is 13.3 Å². The van der Waals surface area contributed by atoms with Crippen LogP contribution in [0.4, 0.5) is 5.69 Å². The second kappa shape index (κ2) is 8.69. The molecule has 0 radical (unpaired) electrons. The van der Waals surface area contributed by atoms with Crippen molar-refractivity contribution in [3.05, 3.63) is 64.8 Å². The number of ether oxygens (including phenoxy) is 1. The summed E-state index contributed by atoms with van der Waals surface area (Å²) in [6, 6.07) is 7.99. The number of fused-ring (bicyclic) bond motifs is 1. The molecule has 0 unspecified atom stereocenters. The van der Waals surface area contributed by atoms with Crippen LogP contribution in [0.2, 0.25) is 5.15 Å². The number of carbonyl (C=O) groups excluding carboxylic acids is 2. The lowest BCUT2D eigenvalue weighted by molar-refractivity contribution is -0.118. The fraction of sp³-hybridized carbons (Fsp3) is 0.227. The van der Waals surface area contributed by atoms with Crippen molar-refractivity contribution in [1.29, 1.82) is 0 Å². The summed E-state index contributed by atoms with van der Waals surface area (Å²) < 4.78 is 5.08.